The van der Waals surface area contributed by atoms with Gasteiger partial charge in [0, 0.05) is 0 Å². The van der Waals surface area contributed by atoms with E-state index in [0.29, 0.717) is 5.92 Å². The first kappa shape index (κ1) is 10.0. The molecule has 0 radical (unpaired) electrons. The van der Waals surface area contributed by atoms with Crippen molar-refractivity contribution in [3.05, 3.63) is 0 Å². The van der Waals surface area contributed by atoms with Gasteiger partial charge >= 0.3 is 0 Å². The Morgan fingerprint density at radius 1 is 1.08 bits per heavy atom. The van der Waals surface area contributed by atoms with Crippen LogP contribution in [0.15, 0.2) is 0 Å². The highest BCUT2D eigenvalue weighted by molar-refractivity contribution is 4.84. The Morgan fingerprint density at radius 2 is 1.67 bits per heavy atom. The van der Waals surface area contributed by atoms with E-state index in [4.69, 9.17) is 0 Å². The molecule has 0 aromatic heterocycles. The Kier molecular flexibility index (Phi) is 3.13. The van der Waals surface area contributed by atoms with Gasteiger partial charge in [-0.15, -0.1) is 0 Å². The van der Waals surface area contributed by atoms with E-state index < -0.39 is 0 Å². The standard InChI is InChI=1S/C10H20O2/c1-6(2)8-5-9(11)7(3)4-10(8)12/h6-12H,4-5H2,1-3H3/t7-,8-,9-,10+/m0/s1. The summed E-state index contributed by atoms with van der Waals surface area (Å²) < 4.78 is 0. The molecular formula is C10H20O2. The highest BCUT2D eigenvalue weighted by Gasteiger charge is 2.34. The predicted molar refractivity (Wildman–Crippen MR) is 48.7 cm³/mol. The van der Waals surface area contributed by atoms with E-state index in [1.807, 2.05) is 6.92 Å². The molecule has 2 N–H and O–H groups in total. The van der Waals surface area contributed by atoms with Crippen LogP contribution in [0.1, 0.15) is 33.6 Å². The summed E-state index contributed by atoms with van der Waals surface area (Å²) in [5.74, 6) is 1.02. The molecule has 2 heteroatoms. The molecule has 2 nitrogen and oxygen atoms in total. The zero-order valence-electron chi connectivity index (χ0n) is 8.20. The van der Waals surface area contributed by atoms with Gasteiger partial charge in [0.15, 0.2) is 0 Å². The van der Waals surface area contributed by atoms with E-state index in [1.54, 1.807) is 0 Å². The molecular weight excluding hydrogens is 152 g/mol. The van der Waals surface area contributed by atoms with Crippen molar-refractivity contribution in [1.29, 1.82) is 0 Å². The molecule has 0 saturated heterocycles. The summed E-state index contributed by atoms with van der Waals surface area (Å²) in [6, 6.07) is 0. The van der Waals surface area contributed by atoms with Crippen LogP contribution in [0, 0.1) is 17.8 Å². The fraction of sp³-hybridized carbons (Fsp3) is 1.00. The summed E-state index contributed by atoms with van der Waals surface area (Å²) in [6.07, 6.45) is 1.11. The second-order valence-electron chi connectivity index (χ2n) is 4.49. The van der Waals surface area contributed by atoms with Crippen molar-refractivity contribution in [3.8, 4) is 0 Å². The van der Waals surface area contributed by atoms with Gasteiger partial charge in [-0.1, -0.05) is 20.8 Å². The third-order valence-corrected chi connectivity index (χ3v) is 3.13. The minimum Gasteiger partial charge on any atom is -0.393 e. The van der Waals surface area contributed by atoms with E-state index in [1.165, 1.54) is 0 Å². The Labute approximate surface area is 74.6 Å². The number of hydrogen-bond acceptors (Lipinski definition) is 2. The highest BCUT2D eigenvalue weighted by Crippen LogP contribution is 2.33. The number of rotatable bonds is 1. The summed E-state index contributed by atoms with van der Waals surface area (Å²) in [7, 11) is 0. The number of aliphatic hydroxyl groups is 2. The zero-order valence-corrected chi connectivity index (χ0v) is 8.20. The molecule has 1 rings (SSSR count). The fourth-order valence-corrected chi connectivity index (χ4v) is 2.10. The molecule has 0 aromatic carbocycles. The van der Waals surface area contributed by atoms with Crippen molar-refractivity contribution in [1.82, 2.24) is 0 Å². The average molecular weight is 172 g/mol. The van der Waals surface area contributed by atoms with Crippen molar-refractivity contribution < 1.29 is 10.2 Å². The lowest BCUT2D eigenvalue weighted by Crippen LogP contribution is -2.39. The van der Waals surface area contributed by atoms with Crippen molar-refractivity contribution in [2.45, 2.75) is 45.8 Å². The van der Waals surface area contributed by atoms with Gasteiger partial charge in [-0.3, -0.25) is 0 Å². The van der Waals surface area contributed by atoms with Crippen LogP contribution in [0.4, 0.5) is 0 Å². The maximum Gasteiger partial charge on any atom is 0.0575 e. The van der Waals surface area contributed by atoms with Gasteiger partial charge in [-0.05, 0) is 30.6 Å². The van der Waals surface area contributed by atoms with E-state index in [0.717, 1.165) is 12.8 Å². The maximum absolute atomic E-state index is 9.72. The average Bonchev–Trinajstić information content (AvgIpc) is 1.96. The van der Waals surface area contributed by atoms with Crippen molar-refractivity contribution in [2.24, 2.45) is 17.8 Å². The molecule has 0 aliphatic heterocycles. The minimum atomic E-state index is -0.208. The Bertz CT molecular complexity index is 145. The summed E-state index contributed by atoms with van der Waals surface area (Å²) in [5, 5.41) is 19.3. The van der Waals surface area contributed by atoms with Crippen LogP contribution in [0.5, 0.6) is 0 Å². The largest absolute Gasteiger partial charge is 0.393 e. The summed E-state index contributed by atoms with van der Waals surface area (Å²) in [4.78, 5) is 0. The van der Waals surface area contributed by atoms with Gasteiger partial charge in [0.1, 0.15) is 0 Å². The van der Waals surface area contributed by atoms with E-state index in [2.05, 4.69) is 13.8 Å². The second kappa shape index (κ2) is 3.75. The third-order valence-electron chi connectivity index (χ3n) is 3.13. The maximum atomic E-state index is 9.72. The Morgan fingerprint density at radius 3 is 2.17 bits per heavy atom. The van der Waals surface area contributed by atoms with E-state index >= 15 is 0 Å². The molecule has 0 heterocycles. The summed E-state index contributed by atoms with van der Waals surface area (Å²) in [5.41, 5.74) is 0. The van der Waals surface area contributed by atoms with Crippen LogP contribution < -0.4 is 0 Å². The fourth-order valence-electron chi connectivity index (χ4n) is 2.10. The normalized spacial score (nSPS) is 43.5. The van der Waals surface area contributed by atoms with Crippen molar-refractivity contribution >= 4 is 0 Å². The molecule has 0 bridgehead atoms. The van der Waals surface area contributed by atoms with Crippen LogP contribution in [0.2, 0.25) is 0 Å². The highest BCUT2D eigenvalue weighted by atomic mass is 16.3. The molecule has 1 fully saturated rings. The Hall–Kier alpha value is -0.0800. The number of hydrogen-bond donors (Lipinski definition) is 2. The summed E-state index contributed by atoms with van der Waals surface area (Å²) >= 11 is 0. The SMILES string of the molecule is CC(C)[C@@H]1C[C@H](O)[C@@H](C)C[C@H]1O. The first-order valence-corrected chi connectivity index (χ1v) is 4.88. The molecule has 1 aliphatic carbocycles. The third kappa shape index (κ3) is 1.99. The second-order valence-corrected chi connectivity index (χ2v) is 4.49. The lowest BCUT2D eigenvalue weighted by molar-refractivity contribution is -0.0413. The van der Waals surface area contributed by atoms with Crippen LogP contribution >= 0.6 is 0 Å². The van der Waals surface area contributed by atoms with Gasteiger partial charge in [0.05, 0.1) is 12.2 Å². The topological polar surface area (TPSA) is 40.5 Å². The lowest BCUT2D eigenvalue weighted by atomic mass is 9.74. The quantitative estimate of drug-likeness (QED) is 0.628. The van der Waals surface area contributed by atoms with E-state index in [9.17, 15) is 10.2 Å². The smallest absolute Gasteiger partial charge is 0.0575 e. The van der Waals surface area contributed by atoms with Crippen molar-refractivity contribution in [2.75, 3.05) is 0 Å². The molecule has 0 aromatic rings. The first-order valence-electron chi connectivity index (χ1n) is 4.88. The molecule has 1 aliphatic rings. The zero-order chi connectivity index (χ0) is 9.30. The van der Waals surface area contributed by atoms with Crippen LogP contribution in [-0.4, -0.2) is 22.4 Å². The van der Waals surface area contributed by atoms with Gasteiger partial charge in [-0.25, -0.2) is 0 Å². The first-order chi connectivity index (χ1) is 5.52. The molecule has 4 atom stereocenters. The van der Waals surface area contributed by atoms with Gasteiger partial charge in [-0.2, -0.15) is 0 Å². The molecule has 0 unspecified atom stereocenters. The molecule has 1 saturated carbocycles. The van der Waals surface area contributed by atoms with Gasteiger partial charge in [0.25, 0.3) is 0 Å². The molecule has 12 heavy (non-hydrogen) atoms. The molecule has 0 amide bonds. The molecule has 72 valence electrons. The van der Waals surface area contributed by atoms with E-state index in [-0.39, 0.29) is 24.0 Å². The predicted octanol–water partition coefficient (Wildman–Crippen LogP) is 1.41. The van der Waals surface area contributed by atoms with Crippen molar-refractivity contribution in [3.63, 3.8) is 0 Å². The summed E-state index contributed by atoms with van der Waals surface area (Å²) in [6.45, 7) is 6.22. The van der Waals surface area contributed by atoms with Crippen LogP contribution in [0.3, 0.4) is 0 Å². The van der Waals surface area contributed by atoms with Gasteiger partial charge in [0.2, 0.25) is 0 Å². The lowest BCUT2D eigenvalue weighted by Gasteiger charge is -2.37. The number of aliphatic hydroxyl groups excluding tert-OH is 2. The van der Waals surface area contributed by atoms with Gasteiger partial charge < -0.3 is 10.2 Å². The molecule has 0 spiro atoms. The van der Waals surface area contributed by atoms with Crippen LogP contribution in [0.25, 0.3) is 0 Å². The monoisotopic (exact) mass is 172 g/mol. The van der Waals surface area contributed by atoms with Crippen LogP contribution in [-0.2, 0) is 0 Å². The Balaban J connectivity index is 2.55. The minimum absolute atomic E-state index is 0.205.